The molecule has 2 N–H and O–H groups in total. The van der Waals surface area contributed by atoms with E-state index < -0.39 is 17.7 Å². The third kappa shape index (κ3) is 3.89. The Bertz CT molecular complexity index is 768. The highest BCUT2D eigenvalue weighted by Gasteiger charge is 2.42. The van der Waals surface area contributed by atoms with E-state index in [1.165, 1.54) is 30.5 Å². The Labute approximate surface area is 156 Å². The Morgan fingerprint density at radius 2 is 1.78 bits per heavy atom. The topological polar surface area (TPSA) is 65.8 Å². The minimum absolute atomic E-state index is 0.0685. The largest absolute Gasteiger partial charge is 0.506 e. The van der Waals surface area contributed by atoms with Crippen LogP contribution in [0.1, 0.15) is 24.6 Å². The number of pyridine rings is 1. The van der Waals surface area contributed by atoms with Crippen LogP contribution in [-0.2, 0) is 0 Å². The van der Waals surface area contributed by atoms with E-state index in [1.807, 2.05) is 0 Å². The minimum atomic E-state index is -0.719. The zero-order chi connectivity index (χ0) is 19.0. The van der Waals surface area contributed by atoms with Crippen molar-refractivity contribution in [3.8, 4) is 11.5 Å². The number of rotatable bonds is 5. The molecular weight excluding hydrogens is 354 g/mol. The maximum atomic E-state index is 13.8. The first-order valence-electron chi connectivity index (χ1n) is 9.15. The molecule has 0 spiro atoms. The van der Waals surface area contributed by atoms with E-state index in [-0.39, 0.29) is 17.6 Å². The monoisotopic (exact) mass is 376 g/mol. The predicted molar refractivity (Wildman–Crippen MR) is 94.3 cm³/mol. The number of hydrogen-bond acceptors (Lipinski definition) is 5. The van der Waals surface area contributed by atoms with Gasteiger partial charge in [-0.2, -0.15) is 0 Å². The number of para-hydroxylation sites is 1. The van der Waals surface area contributed by atoms with Gasteiger partial charge in [-0.1, -0.05) is 6.07 Å². The number of ether oxygens (including phenoxy) is 1. The Balaban J connectivity index is 1.31. The van der Waals surface area contributed by atoms with Gasteiger partial charge in [0.05, 0.1) is 18.0 Å². The summed E-state index contributed by atoms with van der Waals surface area (Å²) in [5.41, 5.74) is 0.529. The van der Waals surface area contributed by atoms with E-state index in [2.05, 4.69) is 9.88 Å². The second-order valence-electron chi connectivity index (χ2n) is 7.46. The van der Waals surface area contributed by atoms with Crippen molar-refractivity contribution in [2.75, 3.05) is 19.6 Å². The van der Waals surface area contributed by atoms with E-state index in [4.69, 9.17) is 4.74 Å². The van der Waals surface area contributed by atoms with Crippen LogP contribution in [0.3, 0.4) is 0 Å². The molecule has 0 radical (unpaired) electrons. The Kier molecular flexibility index (Phi) is 4.97. The van der Waals surface area contributed by atoms with Crippen molar-refractivity contribution in [2.24, 2.45) is 11.8 Å². The molecule has 5 nitrogen and oxygen atoms in total. The summed E-state index contributed by atoms with van der Waals surface area (Å²) in [5, 5.41) is 19.6. The highest BCUT2D eigenvalue weighted by atomic mass is 19.1. The van der Waals surface area contributed by atoms with Gasteiger partial charge in [0, 0.05) is 19.6 Å². The molecule has 2 aromatic rings. The fourth-order valence-corrected chi connectivity index (χ4v) is 4.28. The van der Waals surface area contributed by atoms with Gasteiger partial charge in [-0.3, -0.25) is 9.88 Å². The van der Waals surface area contributed by atoms with Gasteiger partial charge in [0.15, 0.2) is 17.4 Å². The summed E-state index contributed by atoms with van der Waals surface area (Å²) in [7, 11) is 0. The van der Waals surface area contributed by atoms with Crippen LogP contribution < -0.4 is 4.74 Å². The zero-order valence-corrected chi connectivity index (χ0v) is 14.8. The lowest BCUT2D eigenvalue weighted by Gasteiger charge is -2.22. The van der Waals surface area contributed by atoms with Crippen LogP contribution >= 0.6 is 0 Å². The van der Waals surface area contributed by atoms with Crippen molar-refractivity contribution in [3.63, 3.8) is 0 Å². The fourth-order valence-electron chi connectivity index (χ4n) is 4.28. The highest BCUT2D eigenvalue weighted by molar-refractivity contribution is 5.26. The third-order valence-corrected chi connectivity index (χ3v) is 5.53. The fraction of sp³-hybridized carbons (Fsp3) is 0.450. The zero-order valence-electron chi connectivity index (χ0n) is 14.8. The van der Waals surface area contributed by atoms with Crippen molar-refractivity contribution < 1.29 is 23.7 Å². The molecule has 1 saturated heterocycles. The van der Waals surface area contributed by atoms with Gasteiger partial charge in [-0.15, -0.1) is 0 Å². The Morgan fingerprint density at radius 3 is 2.37 bits per heavy atom. The molecule has 1 aromatic carbocycles. The van der Waals surface area contributed by atoms with E-state index in [9.17, 15) is 19.0 Å². The average Bonchev–Trinajstić information content (AvgIpc) is 3.16. The van der Waals surface area contributed by atoms with E-state index in [1.54, 1.807) is 6.07 Å². The SMILES string of the molecule is Oc1ccc(C(O)CN2CC3CC(Oc4c(F)cccc4F)C[C@@H]3C2)nc1. The molecule has 4 atom stereocenters. The van der Waals surface area contributed by atoms with Crippen LogP contribution in [0.15, 0.2) is 36.5 Å². The van der Waals surface area contributed by atoms with E-state index in [0.29, 0.717) is 24.1 Å². The normalized spacial score (nSPS) is 26.1. The smallest absolute Gasteiger partial charge is 0.191 e. The number of fused-ring (bicyclic) bond motifs is 1. The number of nitrogens with zero attached hydrogens (tertiary/aromatic N) is 2. The van der Waals surface area contributed by atoms with Crippen molar-refractivity contribution in [3.05, 3.63) is 53.9 Å². The molecule has 1 saturated carbocycles. The van der Waals surface area contributed by atoms with Crippen molar-refractivity contribution >= 4 is 0 Å². The number of likely N-dealkylation sites (tertiary alicyclic amines) is 1. The first-order chi connectivity index (χ1) is 13.0. The van der Waals surface area contributed by atoms with Crippen molar-refractivity contribution in [1.29, 1.82) is 0 Å². The Morgan fingerprint density at radius 1 is 1.11 bits per heavy atom. The molecule has 2 heterocycles. The lowest BCUT2D eigenvalue weighted by molar-refractivity contribution is 0.112. The number of aromatic hydroxyl groups is 1. The number of aliphatic hydroxyl groups excluding tert-OH is 1. The van der Waals surface area contributed by atoms with Crippen LogP contribution in [0, 0.1) is 23.5 Å². The van der Waals surface area contributed by atoms with Gasteiger partial charge in [0.2, 0.25) is 0 Å². The van der Waals surface area contributed by atoms with Crippen molar-refractivity contribution in [2.45, 2.75) is 25.0 Å². The molecule has 7 heteroatoms. The van der Waals surface area contributed by atoms with Crippen molar-refractivity contribution in [1.82, 2.24) is 9.88 Å². The Hall–Kier alpha value is -2.25. The lowest BCUT2D eigenvalue weighted by atomic mass is 10.0. The molecule has 2 aliphatic rings. The number of halogens is 2. The minimum Gasteiger partial charge on any atom is -0.506 e. The molecule has 144 valence electrons. The molecule has 1 aliphatic carbocycles. The number of aromatic nitrogens is 1. The first kappa shape index (κ1) is 18.1. The standard InChI is InChI=1S/C20H22F2N2O3/c21-16-2-1-3-17(22)20(16)27-15-6-12-9-24(10-13(12)7-15)11-19(26)18-5-4-14(25)8-23-18/h1-5,8,12-13,15,19,25-26H,6-7,9-11H2/t12-,13?,15?,19?/m1/s1. The van der Waals surface area contributed by atoms with Crippen LogP contribution in [0.5, 0.6) is 11.5 Å². The quantitative estimate of drug-likeness (QED) is 0.840. The van der Waals surface area contributed by atoms with Gasteiger partial charge >= 0.3 is 0 Å². The molecule has 1 aliphatic heterocycles. The van der Waals surface area contributed by atoms with Gasteiger partial charge in [0.1, 0.15) is 11.9 Å². The average molecular weight is 376 g/mol. The van der Waals surface area contributed by atoms with Gasteiger partial charge in [0.25, 0.3) is 0 Å². The molecule has 3 unspecified atom stereocenters. The number of benzene rings is 1. The molecular formula is C20H22F2N2O3. The first-order valence-corrected chi connectivity index (χ1v) is 9.15. The summed E-state index contributed by atoms with van der Waals surface area (Å²) in [4.78, 5) is 6.24. The number of β-amino-alcohol motifs (C(OH)–C–C–N with tert-alkyl or cyclic N) is 1. The molecule has 2 fully saturated rings. The summed E-state index contributed by atoms with van der Waals surface area (Å²) >= 11 is 0. The second-order valence-corrected chi connectivity index (χ2v) is 7.46. The van der Waals surface area contributed by atoms with Crippen LogP contribution in [0.25, 0.3) is 0 Å². The highest BCUT2D eigenvalue weighted by Crippen LogP contribution is 2.40. The summed E-state index contributed by atoms with van der Waals surface area (Å²) in [6.45, 7) is 2.11. The predicted octanol–water partition coefficient (Wildman–Crippen LogP) is 2.89. The maximum Gasteiger partial charge on any atom is 0.191 e. The second kappa shape index (κ2) is 7.40. The molecule has 0 bridgehead atoms. The van der Waals surface area contributed by atoms with Gasteiger partial charge in [-0.25, -0.2) is 8.78 Å². The summed E-state index contributed by atoms with van der Waals surface area (Å²) in [6.07, 6.45) is 1.92. The van der Waals surface area contributed by atoms with Crippen LogP contribution in [0.2, 0.25) is 0 Å². The van der Waals surface area contributed by atoms with Crippen LogP contribution in [-0.4, -0.2) is 45.8 Å². The lowest BCUT2D eigenvalue weighted by Crippen LogP contribution is -2.29. The summed E-state index contributed by atoms with van der Waals surface area (Å²) in [5.74, 6) is -0.766. The van der Waals surface area contributed by atoms with Crippen LogP contribution in [0.4, 0.5) is 8.78 Å². The number of hydrogen-bond donors (Lipinski definition) is 2. The van der Waals surface area contributed by atoms with E-state index >= 15 is 0 Å². The molecule has 4 rings (SSSR count). The molecule has 1 aromatic heterocycles. The molecule has 27 heavy (non-hydrogen) atoms. The van der Waals surface area contributed by atoms with E-state index in [0.717, 1.165) is 25.9 Å². The third-order valence-electron chi connectivity index (χ3n) is 5.53. The van der Waals surface area contributed by atoms with Gasteiger partial charge < -0.3 is 14.9 Å². The van der Waals surface area contributed by atoms with Gasteiger partial charge in [-0.05, 0) is 48.9 Å². The molecule has 0 amide bonds. The summed E-state index contributed by atoms with van der Waals surface area (Å²) in [6, 6.07) is 6.86. The summed E-state index contributed by atoms with van der Waals surface area (Å²) < 4.78 is 33.1. The maximum absolute atomic E-state index is 13.8. The number of aliphatic hydroxyl groups is 1.